The van der Waals surface area contributed by atoms with Gasteiger partial charge in [0.25, 0.3) is 0 Å². The summed E-state index contributed by atoms with van der Waals surface area (Å²) in [5.41, 5.74) is 5.71. The SMILES string of the molecule is CC(C)C(NC(=O)C(N)CCC(=O)O)C(=O)NC(C(=O)N1CCCC1C(=O)O)C(C)C. The summed E-state index contributed by atoms with van der Waals surface area (Å²) in [7, 11) is 0. The van der Waals surface area contributed by atoms with Crippen molar-refractivity contribution in [3.8, 4) is 0 Å². The summed E-state index contributed by atoms with van der Waals surface area (Å²) in [6, 6.07) is -3.95. The molecule has 6 N–H and O–H groups in total. The second-order valence-corrected chi connectivity index (χ2v) is 8.53. The predicted molar refractivity (Wildman–Crippen MR) is 111 cm³/mol. The minimum atomic E-state index is -1.09. The molecule has 0 aromatic rings. The summed E-state index contributed by atoms with van der Waals surface area (Å²) in [6.07, 6.45) is 0.572. The standard InChI is InChI=1S/C20H34N4O7/c1-10(2)15(22-17(27)12(21)7-8-14(25)26)18(28)23-16(11(3)4)19(29)24-9-5-6-13(24)20(30)31/h10-13,15-16H,5-9,21H2,1-4H3,(H,22,27)(H,23,28)(H,25,26)(H,30,31). The van der Waals surface area contributed by atoms with E-state index in [-0.39, 0.29) is 24.7 Å². The summed E-state index contributed by atoms with van der Waals surface area (Å²) in [4.78, 5) is 61.6. The fourth-order valence-electron chi connectivity index (χ4n) is 3.43. The minimum absolute atomic E-state index is 0.0771. The van der Waals surface area contributed by atoms with E-state index in [9.17, 15) is 29.1 Å². The molecule has 0 aromatic heterocycles. The number of rotatable bonds is 11. The maximum Gasteiger partial charge on any atom is 0.326 e. The van der Waals surface area contributed by atoms with E-state index < -0.39 is 53.8 Å². The van der Waals surface area contributed by atoms with Crippen molar-refractivity contribution in [2.24, 2.45) is 17.6 Å². The van der Waals surface area contributed by atoms with Crippen molar-refractivity contribution in [3.63, 3.8) is 0 Å². The summed E-state index contributed by atoms with van der Waals surface area (Å²) in [5, 5.41) is 23.3. The number of nitrogens with one attached hydrogen (secondary N) is 2. The van der Waals surface area contributed by atoms with Gasteiger partial charge in [-0.2, -0.15) is 0 Å². The van der Waals surface area contributed by atoms with Crippen molar-refractivity contribution in [2.45, 2.75) is 77.5 Å². The Labute approximate surface area is 181 Å². The Hall–Kier alpha value is -2.69. The fourth-order valence-corrected chi connectivity index (χ4v) is 3.43. The Morgan fingerprint density at radius 3 is 2.00 bits per heavy atom. The van der Waals surface area contributed by atoms with Crippen LogP contribution in [0.1, 0.15) is 53.4 Å². The molecule has 1 fully saturated rings. The van der Waals surface area contributed by atoms with Crippen LogP contribution in [-0.2, 0) is 24.0 Å². The second kappa shape index (κ2) is 11.6. The van der Waals surface area contributed by atoms with Crippen molar-refractivity contribution >= 4 is 29.7 Å². The molecule has 1 aliphatic heterocycles. The van der Waals surface area contributed by atoms with Crippen LogP contribution >= 0.6 is 0 Å². The van der Waals surface area contributed by atoms with Gasteiger partial charge in [-0.3, -0.25) is 19.2 Å². The first-order chi connectivity index (χ1) is 14.4. The number of aliphatic carboxylic acids is 2. The number of carboxylic acids is 2. The molecule has 0 radical (unpaired) electrons. The normalized spacial score (nSPS) is 19.1. The van der Waals surface area contributed by atoms with Gasteiger partial charge < -0.3 is 31.5 Å². The van der Waals surface area contributed by atoms with Crippen LogP contribution in [0.15, 0.2) is 0 Å². The van der Waals surface area contributed by atoms with Crippen LogP contribution < -0.4 is 16.4 Å². The molecule has 3 amide bonds. The first-order valence-electron chi connectivity index (χ1n) is 10.5. The Bertz CT molecular complexity index is 695. The highest BCUT2D eigenvalue weighted by molar-refractivity contribution is 5.94. The van der Waals surface area contributed by atoms with E-state index in [0.717, 1.165) is 0 Å². The lowest BCUT2D eigenvalue weighted by atomic mass is 9.98. The molecule has 4 atom stereocenters. The van der Waals surface area contributed by atoms with E-state index in [1.54, 1.807) is 27.7 Å². The van der Waals surface area contributed by atoms with Crippen molar-refractivity contribution in [1.82, 2.24) is 15.5 Å². The van der Waals surface area contributed by atoms with Gasteiger partial charge in [0.2, 0.25) is 17.7 Å². The summed E-state index contributed by atoms with van der Waals surface area (Å²) in [6.45, 7) is 7.19. The fraction of sp³-hybridized carbons (Fsp3) is 0.750. The van der Waals surface area contributed by atoms with Crippen LogP contribution in [0.4, 0.5) is 0 Å². The van der Waals surface area contributed by atoms with Crippen LogP contribution in [0.5, 0.6) is 0 Å². The monoisotopic (exact) mass is 442 g/mol. The van der Waals surface area contributed by atoms with Crippen LogP contribution in [0.3, 0.4) is 0 Å². The summed E-state index contributed by atoms with van der Waals surface area (Å²) in [5.74, 6) is -4.53. The lowest BCUT2D eigenvalue weighted by Crippen LogP contribution is -2.59. The molecule has 11 heteroatoms. The molecule has 11 nitrogen and oxygen atoms in total. The van der Waals surface area contributed by atoms with Gasteiger partial charge in [-0.05, 0) is 31.1 Å². The van der Waals surface area contributed by atoms with Gasteiger partial charge in [-0.15, -0.1) is 0 Å². The number of amides is 3. The van der Waals surface area contributed by atoms with Crippen LogP contribution in [-0.4, -0.2) is 75.5 Å². The van der Waals surface area contributed by atoms with E-state index in [2.05, 4.69) is 10.6 Å². The number of hydrogen-bond acceptors (Lipinski definition) is 6. The Balaban J connectivity index is 2.89. The first-order valence-corrected chi connectivity index (χ1v) is 10.5. The number of hydrogen-bond donors (Lipinski definition) is 5. The molecule has 1 saturated heterocycles. The van der Waals surface area contributed by atoms with Crippen LogP contribution in [0.25, 0.3) is 0 Å². The van der Waals surface area contributed by atoms with E-state index in [0.29, 0.717) is 19.4 Å². The van der Waals surface area contributed by atoms with E-state index >= 15 is 0 Å². The maximum absolute atomic E-state index is 13.0. The molecule has 0 bridgehead atoms. The largest absolute Gasteiger partial charge is 0.481 e. The van der Waals surface area contributed by atoms with Gasteiger partial charge in [-0.1, -0.05) is 27.7 Å². The van der Waals surface area contributed by atoms with Crippen molar-refractivity contribution < 1.29 is 34.2 Å². The van der Waals surface area contributed by atoms with Gasteiger partial charge in [0.1, 0.15) is 18.1 Å². The van der Waals surface area contributed by atoms with Crippen molar-refractivity contribution in [1.29, 1.82) is 0 Å². The third kappa shape index (κ3) is 7.50. The average Bonchev–Trinajstić information content (AvgIpc) is 3.17. The lowest BCUT2D eigenvalue weighted by Gasteiger charge is -2.31. The molecule has 0 saturated carbocycles. The third-order valence-electron chi connectivity index (χ3n) is 5.30. The lowest BCUT2D eigenvalue weighted by molar-refractivity contribution is -0.150. The van der Waals surface area contributed by atoms with Crippen LogP contribution in [0, 0.1) is 11.8 Å². The maximum atomic E-state index is 13.0. The van der Waals surface area contributed by atoms with Gasteiger partial charge in [0, 0.05) is 13.0 Å². The first kappa shape index (κ1) is 26.3. The van der Waals surface area contributed by atoms with Gasteiger partial charge in [0.15, 0.2) is 0 Å². The highest BCUT2D eigenvalue weighted by Crippen LogP contribution is 2.20. The number of nitrogens with two attached hydrogens (primary N) is 1. The number of carbonyl (C=O) groups is 5. The molecule has 1 aliphatic rings. The predicted octanol–water partition coefficient (Wildman–Crippen LogP) is -0.464. The number of carboxylic acid groups (broad SMARTS) is 2. The molecule has 4 unspecified atom stereocenters. The van der Waals surface area contributed by atoms with Crippen molar-refractivity contribution in [2.75, 3.05) is 6.54 Å². The molecule has 1 rings (SSSR count). The number of likely N-dealkylation sites (tertiary alicyclic amines) is 1. The molecule has 0 aliphatic carbocycles. The quantitative estimate of drug-likeness (QED) is 0.285. The van der Waals surface area contributed by atoms with E-state index in [1.165, 1.54) is 4.90 Å². The van der Waals surface area contributed by atoms with Crippen LogP contribution in [0.2, 0.25) is 0 Å². The van der Waals surface area contributed by atoms with E-state index in [4.69, 9.17) is 10.8 Å². The minimum Gasteiger partial charge on any atom is -0.481 e. The molecule has 0 aromatic carbocycles. The molecular formula is C20H34N4O7. The Kier molecular flexibility index (Phi) is 9.89. The molecular weight excluding hydrogens is 408 g/mol. The zero-order valence-corrected chi connectivity index (χ0v) is 18.5. The smallest absolute Gasteiger partial charge is 0.326 e. The Morgan fingerprint density at radius 2 is 1.52 bits per heavy atom. The van der Waals surface area contributed by atoms with E-state index in [1.807, 2.05) is 0 Å². The highest BCUT2D eigenvalue weighted by atomic mass is 16.4. The molecule has 0 spiro atoms. The molecule has 31 heavy (non-hydrogen) atoms. The van der Waals surface area contributed by atoms with Gasteiger partial charge >= 0.3 is 11.9 Å². The number of carbonyl (C=O) groups excluding carboxylic acids is 3. The Morgan fingerprint density at radius 1 is 0.968 bits per heavy atom. The molecule has 1 heterocycles. The topological polar surface area (TPSA) is 179 Å². The molecule has 176 valence electrons. The zero-order valence-electron chi connectivity index (χ0n) is 18.5. The number of nitrogens with zero attached hydrogens (tertiary/aromatic N) is 1. The average molecular weight is 443 g/mol. The van der Waals surface area contributed by atoms with Gasteiger partial charge in [-0.25, -0.2) is 4.79 Å². The highest BCUT2D eigenvalue weighted by Gasteiger charge is 2.39. The summed E-state index contributed by atoms with van der Waals surface area (Å²) >= 11 is 0. The zero-order chi connectivity index (χ0) is 23.9. The third-order valence-corrected chi connectivity index (χ3v) is 5.30. The van der Waals surface area contributed by atoms with Crippen molar-refractivity contribution in [3.05, 3.63) is 0 Å². The summed E-state index contributed by atoms with van der Waals surface area (Å²) < 4.78 is 0. The second-order valence-electron chi connectivity index (χ2n) is 8.53. The van der Waals surface area contributed by atoms with Gasteiger partial charge in [0.05, 0.1) is 6.04 Å².